The number of hydrogen-bond donors (Lipinski definition) is 2. The topological polar surface area (TPSA) is 77.8 Å². The first-order valence-electron chi connectivity index (χ1n) is 10.8. The Morgan fingerprint density at radius 3 is 2.87 bits per heavy atom. The van der Waals surface area contributed by atoms with E-state index in [9.17, 15) is 9.18 Å². The van der Waals surface area contributed by atoms with Crippen LogP contribution in [0.5, 0.6) is 0 Å². The molecule has 3 aliphatic heterocycles. The van der Waals surface area contributed by atoms with Gasteiger partial charge in [0.25, 0.3) is 0 Å². The Kier molecular flexibility index (Phi) is 4.14. The van der Waals surface area contributed by atoms with Crippen LogP contribution in [0.3, 0.4) is 0 Å². The summed E-state index contributed by atoms with van der Waals surface area (Å²) in [5, 5.41) is 6.38. The number of rotatable bonds is 2. The van der Waals surface area contributed by atoms with E-state index >= 15 is 0 Å². The predicted molar refractivity (Wildman–Crippen MR) is 116 cm³/mol. The number of halogens is 1. The second kappa shape index (κ2) is 6.91. The van der Waals surface area contributed by atoms with Crippen LogP contribution >= 0.6 is 0 Å². The fourth-order valence-corrected chi connectivity index (χ4v) is 5.17. The summed E-state index contributed by atoms with van der Waals surface area (Å²) in [5.41, 5.74) is 3.68. The maximum atomic E-state index is 14.5. The van der Waals surface area contributed by atoms with Crippen molar-refractivity contribution in [1.29, 1.82) is 0 Å². The third-order valence-corrected chi connectivity index (χ3v) is 6.56. The first-order valence-corrected chi connectivity index (χ1v) is 10.8. The molecule has 0 aromatic carbocycles. The Hall–Kier alpha value is -3.20. The molecule has 2 unspecified atom stereocenters. The minimum Gasteiger partial charge on any atom is -0.368 e. The van der Waals surface area contributed by atoms with Crippen molar-refractivity contribution in [2.75, 3.05) is 34.8 Å². The van der Waals surface area contributed by atoms with E-state index in [4.69, 9.17) is 0 Å². The standard InChI is InChI=1S/C22H24FN7O/c1-13-9-29-12-18(17(23)8-20(29)25-13)27-22(31)30-7-5-16-19(4-6-24-21(16)30)28-10-14-2-3-15(11-28)26-14/h4,6,8-9,12,14-15,26H,2-3,5,7,10-11H2,1H3,(H,27,31). The summed E-state index contributed by atoms with van der Waals surface area (Å²) in [7, 11) is 0. The summed E-state index contributed by atoms with van der Waals surface area (Å²) in [6.07, 6.45) is 8.30. The van der Waals surface area contributed by atoms with Crippen molar-refractivity contribution in [3.05, 3.63) is 47.8 Å². The zero-order chi connectivity index (χ0) is 21.1. The van der Waals surface area contributed by atoms with Gasteiger partial charge in [0, 0.05) is 67.6 Å². The molecule has 2 N–H and O–H groups in total. The van der Waals surface area contributed by atoms with Gasteiger partial charge in [-0.2, -0.15) is 0 Å². The molecule has 31 heavy (non-hydrogen) atoms. The van der Waals surface area contributed by atoms with Crippen LogP contribution in [0, 0.1) is 12.7 Å². The lowest BCUT2D eigenvalue weighted by molar-refractivity contribution is 0.257. The lowest BCUT2D eigenvalue weighted by Crippen LogP contribution is -2.51. The number of urea groups is 1. The van der Waals surface area contributed by atoms with E-state index in [0.717, 1.165) is 30.8 Å². The van der Waals surface area contributed by atoms with Crippen molar-refractivity contribution >= 4 is 28.9 Å². The normalized spacial score (nSPS) is 22.3. The van der Waals surface area contributed by atoms with E-state index in [1.165, 1.54) is 24.6 Å². The lowest BCUT2D eigenvalue weighted by atomic mass is 10.1. The summed E-state index contributed by atoms with van der Waals surface area (Å²) in [6, 6.07) is 4.08. The Bertz CT molecular complexity index is 1180. The van der Waals surface area contributed by atoms with E-state index in [0.29, 0.717) is 30.1 Å². The van der Waals surface area contributed by atoms with Gasteiger partial charge in [0.2, 0.25) is 0 Å². The fourth-order valence-electron chi connectivity index (χ4n) is 5.17. The van der Waals surface area contributed by atoms with Crippen LogP contribution in [0.15, 0.2) is 30.7 Å². The van der Waals surface area contributed by atoms with Gasteiger partial charge in [-0.15, -0.1) is 0 Å². The zero-order valence-corrected chi connectivity index (χ0v) is 17.3. The molecule has 6 rings (SSSR count). The summed E-state index contributed by atoms with van der Waals surface area (Å²) >= 11 is 0. The number of amides is 2. The Morgan fingerprint density at radius 1 is 1.26 bits per heavy atom. The zero-order valence-electron chi connectivity index (χ0n) is 17.3. The highest BCUT2D eigenvalue weighted by Crippen LogP contribution is 2.36. The van der Waals surface area contributed by atoms with E-state index in [2.05, 4.69) is 31.6 Å². The van der Waals surface area contributed by atoms with Gasteiger partial charge in [-0.25, -0.2) is 19.2 Å². The molecule has 8 nitrogen and oxygen atoms in total. The van der Waals surface area contributed by atoms with Crippen LogP contribution in [0.1, 0.15) is 24.1 Å². The highest BCUT2D eigenvalue weighted by atomic mass is 19.1. The number of nitrogens with zero attached hydrogens (tertiary/aromatic N) is 5. The first kappa shape index (κ1) is 18.6. The molecule has 9 heteroatoms. The molecule has 0 radical (unpaired) electrons. The Morgan fingerprint density at radius 2 is 2.06 bits per heavy atom. The summed E-state index contributed by atoms with van der Waals surface area (Å²) in [5.74, 6) is 0.157. The quantitative estimate of drug-likeness (QED) is 0.665. The second-order valence-electron chi connectivity index (χ2n) is 8.69. The van der Waals surface area contributed by atoms with E-state index in [-0.39, 0.29) is 11.7 Å². The van der Waals surface area contributed by atoms with Crippen LogP contribution in [0.25, 0.3) is 5.65 Å². The summed E-state index contributed by atoms with van der Waals surface area (Å²) in [6.45, 7) is 4.33. The number of fused-ring (bicyclic) bond motifs is 4. The largest absolute Gasteiger partial charge is 0.368 e. The summed E-state index contributed by atoms with van der Waals surface area (Å²) in [4.78, 5) is 25.8. The van der Waals surface area contributed by atoms with Gasteiger partial charge < -0.3 is 19.9 Å². The SMILES string of the molecule is Cc1cn2cc(NC(=O)N3CCc4c(N5CC6CCC(C5)N6)ccnc43)c(F)cc2n1. The number of imidazole rings is 1. The number of hydrogen-bond acceptors (Lipinski definition) is 5. The molecule has 6 heterocycles. The van der Waals surface area contributed by atoms with Gasteiger partial charge >= 0.3 is 6.03 Å². The number of piperazine rings is 1. The number of aryl methyl sites for hydroxylation is 1. The number of aromatic nitrogens is 3. The van der Waals surface area contributed by atoms with Crippen LogP contribution in [-0.4, -0.2) is 52.1 Å². The molecule has 0 aliphatic carbocycles. The minimum atomic E-state index is -0.510. The molecule has 3 aromatic heterocycles. The average Bonchev–Trinajstić information content (AvgIpc) is 3.43. The van der Waals surface area contributed by atoms with Gasteiger partial charge in [-0.1, -0.05) is 0 Å². The molecule has 2 bridgehead atoms. The highest BCUT2D eigenvalue weighted by molar-refractivity contribution is 6.03. The Labute approximate surface area is 179 Å². The molecular weight excluding hydrogens is 397 g/mol. The monoisotopic (exact) mass is 421 g/mol. The molecule has 2 saturated heterocycles. The van der Waals surface area contributed by atoms with Crippen LogP contribution in [0.2, 0.25) is 0 Å². The Balaban J connectivity index is 1.26. The van der Waals surface area contributed by atoms with Gasteiger partial charge in [-0.3, -0.25) is 4.90 Å². The second-order valence-corrected chi connectivity index (χ2v) is 8.69. The molecule has 0 spiro atoms. The van der Waals surface area contributed by atoms with Gasteiger partial charge in [0.1, 0.15) is 11.5 Å². The van der Waals surface area contributed by atoms with Crippen LogP contribution in [0.4, 0.5) is 26.4 Å². The smallest absolute Gasteiger partial charge is 0.327 e. The number of carbonyl (C=O) groups excluding carboxylic acids is 1. The van der Waals surface area contributed by atoms with Crippen molar-refractivity contribution in [2.24, 2.45) is 0 Å². The van der Waals surface area contributed by atoms with Crippen molar-refractivity contribution in [3.63, 3.8) is 0 Å². The number of nitrogens with one attached hydrogen (secondary N) is 2. The van der Waals surface area contributed by atoms with Crippen LogP contribution in [-0.2, 0) is 6.42 Å². The van der Waals surface area contributed by atoms with Gasteiger partial charge in [-0.05, 0) is 32.3 Å². The fraction of sp³-hybridized carbons (Fsp3) is 0.409. The highest BCUT2D eigenvalue weighted by Gasteiger charge is 2.35. The number of pyridine rings is 2. The minimum absolute atomic E-state index is 0.123. The van der Waals surface area contributed by atoms with Gasteiger partial charge in [0.05, 0.1) is 11.4 Å². The number of anilines is 3. The third-order valence-electron chi connectivity index (χ3n) is 6.56. The lowest BCUT2D eigenvalue weighted by Gasteiger charge is -2.35. The average molecular weight is 421 g/mol. The van der Waals surface area contributed by atoms with Crippen molar-refractivity contribution < 1.29 is 9.18 Å². The van der Waals surface area contributed by atoms with E-state index in [1.54, 1.807) is 27.9 Å². The molecular formula is C22H24FN7O. The summed E-state index contributed by atoms with van der Waals surface area (Å²) < 4.78 is 16.3. The molecule has 2 atom stereocenters. The van der Waals surface area contributed by atoms with Crippen molar-refractivity contribution in [2.45, 2.75) is 38.3 Å². The van der Waals surface area contributed by atoms with Crippen LogP contribution < -0.4 is 20.4 Å². The maximum absolute atomic E-state index is 14.5. The molecule has 0 saturated carbocycles. The third kappa shape index (κ3) is 3.11. The molecule has 3 aromatic rings. The predicted octanol–water partition coefficient (Wildman–Crippen LogP) is 2.71. The number of carbonyl (C=O) groups is 1. The van der Waals surface area contributed by atoms with E-state index < -0.39 is 5.82 Å². The first-order chi connectivity index (χ1) is 15.0. The van der Waals surface area contributed by atoms with E-state index in [1.807, 2.05) is 6.92 Å². The van der Waals surface area contributed by atoms with Crippen molar-refractivity contribution in [1.82, 2.24) is 19.7 Å². The molecule has 2 amide bonds. The van der Waals surface area contributed by atoms with Gasteiger partial charge in [0.15, 0.2) is 5.82 Å². The molecule has 2 fully saturated rings. The van der Waals surface area contributed by atoms with Crippen molar-refractivity contribution in [3.8, 4) is 0 Å². The molecule has 3 aliphatic rings. The maximum Gasteiger partial charge on any atom is 0.327 e. The molecule has 160 valence electrons.